The van der Waals surface area contributed by atoms with Crippen LogP contribution in [-0.4, -0.2) is 16.1 Å². The van der Waals surface area contributed by atoms with Crippen molar-refractivity contribution in [2.75, 3.05) is 5.73 Å². The first-order valence-electron chi connectivity index (χ1n) is 7.45. The highest BCUT2D eigenvalue weighted by molar-refractivity contribution is 5.32. The van der Waals surface area contributed by atoms with Gasteiger partial charge in [0.25, 0.3) is 0 Å². The molecule has 4 aliphatic carbocycles. The van der Waals surface area contributed by atoms with Crippen molar-refractivity contribution in [3.8, 4) is 5.88 Å². The second-order valence-corrected chi connectivity index (χ2v) is 6.69. The molecule has 1 aromatic heterocycles. The average Bonchev–Trinajstić information content (AvgIpc) is 2.31. The highest BCUT2D eigenvalue weighted by Crippen LogP contribution is 2.54. The van der Waals surface area contributed by atoms with E-state index in [1.807, 2.05) is 6.92 Å². The van der Waals surface area contributed by atoms with Crippen molar-refractivity contribution in [3.63, 3.8) is 0 Å². The minimum absolute atomic E-state index is 0.362. The van der Waals surface area contributed by atoms with E-state index in [2.05, 4.69) is 9.97 Å². The van der Waals surface area contributed by atoms with Gasteiger partial charge in [0.2, 0.25) is 5.88 Å². The Bertz CT molecular complexity index is 454. The van der Waals surface area contributed by atoms with Crippen LogP contribution in [0.25, 0.3) is 0 Å². The Morgan fingerprint density at radius 3 is 2.26 bits per heavy atom. The summed E-state index contributed by atoms with van der Waals surface area (Å²) in [4.78, 5) is 8.48. The van der Waals surface area contributed by atoms with Gasteiger partial charge in [-0.1, -0.05) is 0 Å². The third kappa shape index (κ3) is 1.97. The van der Waals surface area contributed by atoms with Crippen LogP contribution in [0.15, 0.2) is 6.07 Å². The zero-order chi connectivity index (χ0) is 13.0. The molecule has 19 heavy (non-hydrogen) atoms. The molecule has 0 aromatic carbocycles. The fourth-order valence-electron chi connectivity index (χ4n) is 4.83. The van der Waals surface area contributed by atoms with Gasteiger partial charge in [0.05, 0.1) is 0 Å². The van der Waals surface area contributed by atoms with Gasteiger partial charge >= 0.3 is 0 Å². The summed E-state index contributed by atoms with van der Waals surface area (Å²) in [5, 5.41) is 0. The minimum atomic E-state index is 0.362. The van der Waals surface area contributed by atoms with Crippen molar-refractivity contribution >= 4 is 5.82 Å². The number of nitrogens with zero attached hydrogens (tertiary/aromatic N) is 2. The standard InChI is InChI=1S/C15H21N3O/c1-8-17-13(16)7-14(18-8)19-15-11-3-9-2-10(5-11)6-12(15)4-9/h7,9-12,15H,2-6H2,1H3,(H2,16,17,18). The molecule has 0 atom stereocenters. The predicted octanol–water partition coefficient (Wildman–Crippen LogP) is 2.57. The van der Waals surface area contributed by atoms with Crippen LogP contribution < -0.4 is 10.5 Å². The Balaban J connectivity index is 1.56. The molecule has 5 rings (SSSR count). The van der Waals surface area contributed by atoms with E-state index in [1.54, 1.807) is 6.07 Å². The normalized spacial score (nSPS) is 39.5. The van der Waals surface area contributed by atoms with Gasteiger partial charge in [-0.2, -0.15) is 4.98 Å². The second kappa shape index (κ2) is 4.09. The highest BCUT2D eigenvalue weighted by atomic mass is 16.5. The Labute approximate surface area is 113 Å². The Morgan fingerprint density at radius 1 is 1.05 bits per heavy atom. The van der Waals surface area contributed by atoms with Crippen LogP contribution in [0.2, 0.25) is 0 Å². The molecule has 102 valence electrons. The largest absolute Gasteiger partial charge is 0.474 e. The van der Waals surface area contributed by atoms with E-state index < -0.39 is 0 Å². The van der Waals surface area contributed by atoms with Crippen LogP contribution >= 0.6 is 0 Å². The van der Waals surface area contributed by atoms with Crippen LogP contribution in [0.5, 0.6) is 5.88 Å². The van der Waals surface area contributed by atoms with E-state index in [0.29, 0.717) is 23.6 Å². The van der Waals surface area contributed by atoms with E-state index in [-0.39, 0.29) is 0 Å². The maximum atomic E-state index is 6.22. The molecule has 4 fully saturated rings. The maximum absolute atomic E-state index is 6.22. The lowest BCUT2D eigenvalue weighted by Gasteiger charge is -2.53. The Hall–Kier alpha value is -1.32. The zero-order valence-corrected chi connectivity index (χ0v) is 11.4. The van der Waals surface area contributed by atoms with Gasteiger partial charge in [0.15, 0.2) is 0 Å². The number of hydrogen-bond acceptors (Lipinski definition) is 4. The number of ether oxygens (including phenoxy) is 1. The van der Waals surface area contributed by atoms with Gasteiger partial charge in [-0.25, -0.2) is 4.98 Å². The summed E-state index contributed by atoms with van der Waals surface area (Å²) in [7, 11) is 0. The van der Waals surface area contributed by atoms with Crippen molar-refractivity contribution in [3.05, 3.63) is 11.9 Å². The first kappa shape index (κ1) is 11.5. The van der Waals surface area contributed by atoms with Gasteiger partial charge in [-0.05, 0) is 62.7 Å². The minimum Gasteiger partial charge on any atom is -0.474 e. The molecule has 0 saturated heterocycles. The SMILES string of the molecule is Cc1nc(N)cc(OC2C3CC4CC(C3)CC2C4)n1. The predicted molar refractivity (Wildman–Crippen MR) is 72.6 cm³/mol. The van der Waals surface area contributed by atoms with Crippen molar-refractivity contribution in [2.45, 2.75) is 45.1 Å². The Morgan fingerprint density at radius 2 is 1.68 bits per heavy atom. The molecule has 2 N–H and O–H groups in total. The van der Waals surface area contributed by atoms with Crippen LogP contribution in [0.4, 0.5) is 5.82 Å². The summed E-state index contributed by atoms with van der Waals surface area (Å²) < 4.78 is 6.22. The number of rotatable bonds is 2. The molecular formula is C15H21N3O. The quantitative estimate of drug-likeness (QED) is 0.886. The van der Waals surface area contributed by atoms with Crippen LogP contribution in [0.1, 0.15) is 37.9 Å². The van der Waals surface area contributed by atoms with Gasteiger partial charge in [0.1, 0.15) is 17.7 Å². The van der Waals surface area contributed by atoms with Crippen LogP contribution in [0, 0.1) is 30.6 Å². The third-order valence-electron chi connectivity index (χ3n) is 5.23. The second-order valence-electron chi connectivity index (χ2n) is 6.69. The van der Waals surface area contributed by atoms with Crippen LogP contribution in [-0.2, 0) is 0 Å². The molecule has 0 aliphatic heterocycles. The molecular weight excluding hydrogens is 238 g/mol. The lowest BCUT2D eigenvalue weighted by molar-refractivity contribution is -0.0805. The number of aryl methyl sites for hydroxylation is 1. The molecule has 4 aliphatic rings. The van der Waals surface area contributed by atoms with E-state index >= 15 is 0 Å². The van der Waals surface area contributed by atoms with Crippen LogP contribution in [0.3, 0.4) is 0 Å². The smallest absolute Gasteiger partial charge is 0.219 e. The summed E-state index contributed by atoms with van der Waals surface area (Å²) in [6.45, 7) is 1.86. The van der Waals surface area contributed by atoms with E-state index in [4.69, 9.17) is 10.5 Å². The van der Waals surface area contributed by atoms with Crippen molar-refractivity contribution in [1.29, 1.82) is 0 Å². The van der Waals surface area contributed by atoms with Crippen molar-refractivity contribution in [1.82, 2.24) is 9.97 Å². The van der Waals surface area contributed by atoms with Gasteiger partial charge < -0.3 is 10.5 Å². The van der Waals surface area contributed by atoms with Crippen molar-refractivity contribution in [2.24, 2.45) is 23.7 Å². The monoisotopic (exact) mass is 259 g/mol. The molecule has 1 aromatic rings. The third-order valence-corrected chi connectivity index (χ3v) is 5.23. The first-order valence-corrected chi connectivity index (χ1v) is 7.45. The molecule has 4 heteroatoms. The molecule has 4 saturated carbocycles. The number of anilines is 1. The Kier molecular flexibility index (Phi) is 2.47. The molecule has 0 unspecified atom stereocenters. The van der Waals surface area contributed by atoms with E-state index in [0.717, 1.165) is 23.7 Å². The van der Waals surface area contributed by atoms with Gasteiger partial charge in [0, 0.05) is 6.07 Å². The molecule has 1 heterocycles. The molecule has 0 amide bonds. The molecule has 4 nitrogen and oxygen atoms in total. The number of hydrogen-bond donors (Lipinski definition) is 1. The number of aromatic nitrogens is 2. The molecule has 0 radical (unpaired) electrons. The molecule has 0 spiro atoms. The van der Waals surface area contributed by atoms with Crippen molar-refractivity contribution < 1.29 is 4.74 Å². The fraction of sp³-hybridized carbons (Fsp3) is 0.733. The first-order chi connectivity index (χ1) is 9.17. The zero-order valence-electron chi connectivity index (χ0n) is 11.4. The maximum Gasteiger partial charge on any atom is 0.219 e. The van der Waals surface area contributed by atoms with Gasteiger partial charge in [-0.3, -0.25) is 0 Å². The lowest BCUT2D eigenvalue weighted by atomic mass is 9.55. The fourth-order valence-corrected chi connectivity index (χ4v) is 4.83. The summed E-state index contributed by atoms with van der Waals surface area (Å²) >= 11 is 0. The lowest BCUT2D eigenvalue weighted by Crippen LogP contribution is -2.50. The summed E-state index contributed by atoms with van der Waals surface area (Å²) in [5.74, 6) is 5.30. The number of nitrogen functional groups attached to an aromatic ring is 1. The van der Waals surface area contributed by atoms with Gasteiger partial charge in [-0.15, -0.1) is 0 Å². The van der Waals surface area contributed by atoms with E-state index in [1.165, 1.54) is 32.1 Å². The molecule has 4 bridgehead atoms. The van der Waals surface area contributed by atoms with E-state index in [9.17, 15) is 0 Å². The summed E-state index contributed by atoms with van der Waals surface area (Å²) in [6, 6.07) is 1.76. The number of nitrogens with two attached hydrogens (primary N) is 1. The summed E-state index contributed by atoms with van der Waals surface area (Å²) in [5.41, 5.74) is 5.78. The topological polar surface area (TPSA) is 61.0 Å². The summed E-state index contributed by atoms with van der Waals surface area (Å²) in [6.07, 6.45) is 7.27. The highest BCUT2D eigenvalue weighted by Gasteiger charge is 2.49. The average molecular weight is 259 g/mol.